The number of nitrogens with zero attached hydrogens (tertiary/aromatic N) is 4. The van der Waals surface area contributed by atoms with E-state index in [1.165, 1.54) is 13.3 Å². The van der Waals surface area contributed by atoms with E-state index in [2.05, 4.69) is 20.6 Å². The van der Waals surface area contributed by atoms with Gasteiger partial charge in [-0.05, 0) is 24.6 Å². The third-order valence-electron chi connectivity index (χ3n) is 4.57. The van der Waals surface area contributed by atoms with E-state index in [0.29, 0.717) is 16.3 Å². The number of carbonyl (C=O) groups excluding carboxylic acids is 1. The Labute approximate surface area is 170 Å². The molecule has 4 aromatic rings. The Hall–Kier alpha value is -3.58. The molecular formula is C21H16ClN5O2. The number of aryl methyl sites for hydroxylation is 2. The van der Waals surface area contributed by atoms with Crippen LogP contribution in [-0.4, -0.2) is 26.9 Å². The number of rotatable bonds is 3. The molecular weight excluding hydrogens is 390 g/mol. The van der Waals surface area contributed by atoms with Crippen molar-refractivity contribution < 1.29 is 4.79 Å². The lowest BCUT2D eigenvalue weighted by molar-refractivity contribution is 0.0950. The Morgan fingerprint density at radius 3 is 2.72 bits per heavy atom. The number of hydrogen-bond donors (Lipinski definition) is 1. The summed E-state index contributed by atoms with van der Waals surface area (Å²) >= 11 is 6.26. The number of aromatic nitrogens is 3. The summed E-state index contributed by atoms with van der Waals surface area (Å²) < 4.78 is 1.13. The van der Waals surface area contributed by atoms with Gasteiger partial charge in [0.25, 0.3) is 11.5 Å². The normalized spacial score (nSPS) is 11.4. The maximum atomic E-state index is 12.6. The molecule has 2 aromatic heterocycles. The molecule has 0 bridgehead atoms. The van der Waals surface area contributed by atoms with Gasteiger partial charge < -0.3 is 0 Å². The highest BCUT2D eigenvalue weighted by Gasteiger charge is 2.15. The van der Waals surface area contributed by atoms with Gasteiger partial charge >= 0.3 is 0 Å². The lowest BCUT2D eigenvalue weighted by Gasteiger charge is -2.07. The first-order chi connectivity index (χ1) is 14.0. The number of fused-ring (bicyclic) bond motifs is 2. The molecule has 0 unspecified atom stereocenters. The molecule has 144 valence electrons. The maximum Gasteiger partial charge on any atom is 0.292 e. The van der Waals surface area contributed by atoms with E-state index >= 15 is 0 Å². The molecule has 0 radical (unpaired) electrons. The van der Waals surface area contributed by atoms with Crippen LogP contribution in [0.4, 0.5) is 0 Å². The quantitative estimate of drug-likeness (QED) is 0.322. The van der Waals surface area contributed by atoms with Gasteiger partial charge in [-0.3, -0.25) is 9.59 Å². The number of amides is 1. The molecule has 2 aromatic carbocycles. The highest BCUT2D eigenvalue weighted by molar-refractivity contribution is 6.32. The van der Waals surface area contributed by atoms with E-state index in [9.17, 15) is 9.59 Å². The zero-order valence-electron chi connectivity index (χ0n) is 15.7. The largest absolute Gasteiger partial charge is 0.292 e. The molecule has 1 amide bonds. The van der Waals surface area contributed by atoms with E-state index in [1.807, 2.05) is 31.2 Å². The molecule has 29 heavy (non-hydrogen) atoms. The van der Waals surface area contributed by atoms with E-state index in [1.54, 1.807) is 24.3 Å². The van der Waals surface area contributed by atoms with Crippen LogP contribution in [0.3, 0.4) is 0 Å². The Morgan fingerprint density at radius 2 is 1.93 bits per heavy atom. The second-order valence-electron chi connectivity index (χ2n) is 6.54. The van der Waals surface area contributed by atoms with Gasteiger partial charge in [0, 0.05) is 23.4 Å². The number of pyridine rings is 1. The van der Waals surface area contributed by atoms with Crippen molar-refractivity contribution in [3.63, 3.8) is 0 Å². The molecule has 0 aliphatic carbocycles. The summed E-state index contributed by atoms with van der Waals surface area (Å²) in [6.45, 7) is 1.96. The minimum Gasteiger partial charge on any atom is -0.267 e. The van der Waals surface area contributed by atoms with Crippen molar-refractivity contribution in [2.45, 2.75) is 6.92 Å². The fraction of sp³-hybridized carbons (Fsp3) is 0.0952. The number of nitrogens with one attached hydrogen (secondary N) is 1. The minimum atomic E-state index is -0.534. The van der Waals surface area contributed by atoms with E-state index in [0.717, 1.165) is 21.1 Å². The summed E-state index contributed by atoms with van der Waals surface area (Å²) in [5.41, 5.74) is 4.69. The Kier molecular flexibility index (Phi) is 4.82. The van der Waals surface area contributed by atoms with Crippen LogP contribution >= 0.6 is 11.6 Å². The molecule has 8 heteroatoms. The fourth-order valence-corrected chi connectivity index (χ4v) is 3.30. The number of hydrazone groups is 1. The average molecular weight is 406 g/mol. The first-order valence-corrected chi connectivity index (χ1v) is 9.19. The number of benzene rings is 2. The summed E-state index contributed by atoms with van der Waals surface area (Å²) in [7, 11) is 1.50. The van der Waals surface area contributed by atoms with Gasteiger partial charge in [0.1, 0.15) is 5.15 Å². The molecule has 4 rings (SSSR count). The highest BCUT2D eigenvalue weighted by atomic mass is 35.5. The predicted octanol–water partition coefficient (Wildman–Crippen LogP) is 3.21. The van der Waals surface area contributed by atoms with Gasteiger partial charge in [0.05, 0.1) is 17.1 Å². The number of carbonyl (C=O) groups is 1. The summed E-state index contributed by atoms with van der Waals surface area (Å²) in [6, 6.07) is 14.5. The van der Waals surface area contributed by atoms with Crippen LogP contribution in [0.15, 0.2) is 58.4 Å². The van der Waals surface area contributed by atoms with E-state index in [-0.39, 0.29) is 16.4 Å². The summed E-state index contributed by atoms with van der Waals surface area (Å²) in [4.78, 5) is 29.2. The van der Waals surface area contributed by atoms with Crippen LogP contribution in [0.25, 0.3) is 21.7 Å². The minimum absolute atomic E-state index is 0.109. The molecule has 0 aliphatic heterocycles. The average Bonchev–Trinajstić information content (AvgIpc) is 2.72. The SMILES string of the molecule is Cc1cccc2cc(/C=N\NC(=O)c3nn(C)c(=O)c4ccccc34)c(Cl)nc12. The standard InChI is InChI=1S/C21H16ClN5O2/c1-12-6-5-7-13-10-14(19(22)24-17(12)13)11-23-25-20(28)18-15-8-3-4-9-16(15)21(29)27(2)26-18/h3-11H,1-2H3,(H,25,28)/b23-11-. The van der Waals surface area contributed by atoms with Crippen molar-refractivity contribution in [1.82, 2.24) is 20.2 Å². The number of hydrogen-bond acceptors (Lipinski definition) is 5. The van der Waals surface area contributed by atoms with Gasteiger partial charge in [-0.2, -0.15) is 10.2 Å². The third-order valence-corrected chi connectivity index (χ3v) is 4.87. The zero-order chi connectivity index (χ0) is 20.5. The first-order valence-electron chi connectivity index (χ1n) is 8.81. The maximum absolute atomic E-state index is 12.6. The predicted molar refractivity (Wildman–Crippen MR) is 114 cm³/mol. The Bertz CT molecular complexity index is 1360. The zero-order valence-corrected chi connectivity index (χ0v) is 16.4. The second kappa shape index (κ2) is 7.44. The smallest absolute Gasteiger partial charge is 0.267 e. The Balaban J connectivity index is 1.64. The Morgan fingerprint density at radius 1 is 1.17 bits per heavy atom. The molecule has 1 N–H and O–H groups in total. The molecule has 0 saturated carbocycles. The van der Waals surface area contributed by atoms with Gasteiger partial charge in [-0.25, -0.2) is 15.1 Å². The molecule has 2 heterocycles. The topological polar surface area (TPSA) is 89.2 Å². The molecule has 0 atom stereocenters. The van der Waals surface area contributed by atoms with Crippen LogP contribution in [0, 0.1) is 6.92 Å². The lowest BCUT2D eigenvalue weighted by atomic mass is 10.1. The third kappa shape index (κ3) is 3.48. The van der Waals surface area contributed by atoms with Gasteiger partial charge in [0.2, 0.25) is 0 Å². The second-order valence-corrected chi connectivity index (χ2v) is 6.90. The molecule has 0 spiro atoms. The van der Waals surface area contributed by atoms with Crippen molar-refractivity contribution in [2.75, 3.05) is 0 Å². The van der Waals surface area contributed by atoms with Gasteiger partial charge in [0.15, 0.2) is 5.69 Å². The van der Waals surface area contributed by atoms with Crippen LogP contribution in [0.2, 0.25) is 5.15 Å². The molecule has 0 fully saturated rings. The van der Waals surface area contributed by atoms with E-state index < -0.39 is 5.91 Å². The number of para-hydroxylation sites is 1. The van der Waals surface area contributed by atoms with Crippen LogP contribution in [-0.2, 0) is 7.05 Å². The van der Waals surface area contributed by atoms with Crippen molar-refractivity contribution in [3.05, 3.63) is 80.9 Å². The summed E-state index contributed by atoms with van der Waals surface area (Å²) in [5.74, 6) is -0.534. The van der Waals surface area contributed by atoms with Crippen molar-refractivity contribution >= 4 is 45.4 Å². The molecule has 0 aliphatic rings. The van der Waals surface area contributed by atoms with Crippen LogP contribution in [0.5, 0.6) is 0 Å². The highest BCUT2D eigenvalue weighted by Crippen LogP contribution is 2.21. The van der Waals surface area contributed by atoms with Crippen LogP contribution in [0.1, 0.15) is 21.6 Å². The van der Waals surface area contributed by atoms with Gasteiger partial charge in [-0.15, -0.1) is 0 Å². The van der Waals surface area contributed by atoms with Crippen molar-refractivity contribution in [3.8, 4) is 0 Å². The van der Waals surface area contributed by atoms with Crippen molar-refractivity contribution in [2.24, 2.45) is 12.1 Å². The molecule has 0 saturated heterocycles. The molecule has 7 nitrogen and oxygen atoms in total. The van der Waals surface area contributed by atoms with Crippen LogP contribution < -0.4 is 11.0 Å². The number of halogens is 1. The fourth-order valence-electron chi connectivity index (χ4n) is 3.11. The van der Waals surface area contributed by atoms with Crippen molar-refractivity contribution in [1.29, 1.82) is 0 Å². The lowest BCUT2D eigenvalue weighted by Crippen LogP contribution is -2.27. The first kappa shape index (κ1) is 18.8. The van der Waals surface area contributed by atoms with Gasteiger partial charge in [-0.1, -0.05) is 48.0 Å². The summed E-state index contributed by atoms with van der Waals surface area (Å²) in [6.07, 6.45) is 1.43. The van der Waals surface area contributed by atoms with E-state index in [4.69, 9.17) is 11.6 Å². The monoisotopic (exact) mass is 405 g/mol. The summed E-state index contributed by atoms with van der Waals surface area (Å²) in [5, 5.41) is 10.2.